The van der Waals surface area contributed by atoms with E-state index in [1.807, 2.05) is 42.5 Å². The van der Waals surface area contributed by atoms with Gasteiger partial charge in [-0.15, -0.1) is 0 Å². The molecule has 22 heavy (non-hydrogen) atoms. The minimum Gasteiger partial charge on any atom is -0.291 e. The lowest BCUT2D eigenvalue weighted by atomic mass is 10.00. The molecule has 2 heterocycles. The highest BCUT2D eigenvalue weighted by atomic mass is 16.2. The van der Waals surface area contributed by atoms with Crippen molar-refractivity contribution in [1.82, 2.24) is 15.0 Å². The topological polar surface area (TPSA) is 78.6 Å². The molecule has 0 atom stereocenters. The molecule has 4 rings (SSSR count). The number of H-pyrrole nitrogens is 2. The number of aromatic nitrogens is 3. The molecule has 0 saturated carbocycles. The highest BCUT2D eigenvalue weighted by Crippen LogP contribution is 2.27. The summed E-state index contributed by atoms with van der Waals surface area (Å²) in [6.07, 6.45) is 1.59. The molecular formula is C17H11N3O2. The van der Waals surface area contributed by atoms with Crippen molar-refractivity contribution in [3.63, 3.8) is 0 Å². The van der Waals surface area contributed by atoms with E-state index in [1.165, 1.54) is 0 Å². The molecule has 2 aromatic carbocycles. The molecule has 0 amide bonds. The zero-order valence-electron chi connectivity index (χ0n) is 11.5. The smallest absolute Gasteiger partial charge is 0.291 e. The average Bonchev–Trinajstić information content (AvgIpc) is 2.53. The Morgan fingerprint density at radius 1 is 0.864 bits per heavy atom. The van der Waals surface area contributed by atoms with Crippen LogP contribution < -0.4 is 11.2 Å². The Bertz CT molecular complexity index is 1130. The first kappa shape index (κ1) is 12.5. The summed E-state index contributed by atoms with van der Waals surface area (Å²) in [5.41, 5.74) is 0.951. The molecule has 0 unspecified atom stereocenters. The number of nitrogens with zero attached hydrogens (tertiary/aromatic N) is 1. The van der Waals surface area contributed by atoms with Gasteiger partial charge in [-0.1, -0.05) is 36.4 Å². The monoisotopic (exact) mass is 289 g/mol. The van der Waals surface area contributed by atoms with Crippen molar-refractivity contribution in [2.24, 2.45) is 0 Å². The molecular weight excluding hydrogens is 278 g/mol. The number of hydrogen-bond acceptors (Lipinski definition) is 3. The molecule has 0 bridgehead atoms. The summed E-state index contributed by atoms with van der Waals surface area (Å²) in [7, 11) is 0. The van der Waals surface area contributed by atoms with Gasteiger partial charge in [-0.25, -0.2) is 9.78 Å². The highest BCUT2D eigenvalue weighted by molar-refractivity contribution is 5.95. The molecule has 2 aromatic heterocycles. The summed E-state index contributed by atoms with van der Waals surface area (Å²) in [6, 6.07) is 15.8. The van der Waals surface area contributed by atoms with Gasteiger partial charge in [0.05, 0.1) is 5.39 Å². The van der Waals surface area contributed by atoms with Crippen LogP contribution in [0.1, 0.15) is 0 Å². The van der Waals surface area contributed by atoms with E-state index in [-0.39, 0.29) is 0 Å². The van der Waals surface area contributed by atoms with E-state index >= 15 is 0 Å². The van der Waals surface area contributed by atoms with Crippen LogP contribution >= 0.6 is 0 Å². The third-order valence-electron chi connectivity index (χ3n) is 3.70. The van der Waals surface area contributed by atoms with Crippen LogP contribution in [0.5, 0.6) is 0 Å². The highest BCUT2D eigenvalue weighted by Gasteiger charge is 2.10. The normalized spacial score (nSPS) is 11.1. The summed E-state index contributed by atoms with van der Waals surface area (Å²) >= 11 is 0. The van der Waals surface area contributed by atoms with Crippen molar-refractivity contribution >= 4 is 21.8 Å². The van der Waals surface area contributed by atoms with Crippen LogP contribution in [0.15, 0.2) is 64.3 Å². The standard InChI is InChI=1S/C17H11N3O2/c21-16-14-13(7-8-18-15(14)19-17(22)20-16)12-6-5-10-3-1-2-4-11(10)9-12/h1-9H,(H2,18,19,20,21,22). The predicted molar refractivity (Wildman–Crippen MR) is 85.9 cm³/mol. The molecule has 0 aliphatic carbocycles. The number of benzene rings is 2. The quantitative estimate of drug-likeness (QED) is 0.565. The third-order valence-corrected chi connectivity index (χ3v) is 3.70. The van der Waals surface area contributed by atoms with Gasteiger partial charge in [-0.05, 0) is 34.0 Å². The summed E-state index contributed by atoms with van der Waals surface area (Å²) in [5.74, 6) is 0. The van der Waals surface area contributed by atoms with E-state index in [0.717, 1.165) is 21.9 Å². The molecule has 0 saturated heterocycles. The minimum atomic E-state index is -0.555. The molecule has 2 N–H and O–H groups in total. The number of fused-ring (bicyclic) bond motifs is 2. The van der Waals surface area contributed by atoms with Crippen molar-refractivity contribution in [1.29, 1.82) is 0 Å². The fourth-order valence-corrected chi connectivity index (χ4v) is 2.69. The molecule has 0 aliphatic heterocycles. The van der Waals surface area contributed by atoms with Crippen LogP contribution in [-0.2, 0) is 0 Å². The second-order valence-electron chi connectivity index (χ2n) is 5.05. The number of aromatic amines is 2. The Morgan fingerprint density at radius 2 is 1.68 bits per heavy atom. The van der Waals surface area contributed by atoms with Crippen molar-refractivity contribution in [3.05, 3.63) is 75.6 Å². The fraction of sp³-hybridized carbons (Fsp3) is 0. The van der Waals surface area contributed by atoms with E-state index in [9.17, 15) is 9.59 Å². The van der Waals surface area contributed by atoms with Crippen molar-refractivity contribution in [2.75, 3.05) is 0 Å². The van der Waals surface area contributed by atoms with Gasteiger partial charge in [0.1, 0.15) is 5.65 Å². The molecule has 0 aliphatic rings. The van der Waals surface area contributed by atoms with Crippen LogP contribution in [0.25, 0.3) is 32.9 Å². The Kier molecular flexibility index (Phi) is 2.66. The second kappa shape index (κ2) is 4.66. The van der Waals surface area contributed by atoms with Gasteiger partial charge >= 0.3 is 5.69 Å². The number of hydrogen-bond donors (Lipinski definition) is 2. The zero-order valence-corrected chi connectivity index (χ0v) is 11.5. The first-order chi connectivity index (χ1) is 10.7. The van der Waals surface area contributed by atoms with Crippen molar-refractivity contribution < 1.29 is 0 Å². The minimum absolute atomic E-state index is 0.291. The lowest BCUT2D eigenvalue weighted by Crippen LogP contribution is -2.22. The van der Waals surface area contributed by atoms with Gasteiger partial charge in [0.2, 0.25) is 0 Å². The Morgan fingerprint density at radius 3 is 2.55 bits per heavy atom. The fourth-order valence-electron chi connectivity index (χ4n) is 2.69. The molecule has 0 spiro atoms. The Hall–Kier alpha value is -3.21. The Balaban J connectivity index is 2.08. The van der Waals surface area contributed by atoms with Gasteiger partial charge in [-0.2, -0.15) is 0 Å². The zero-order chi connectivity index (χ0) is 15.1. The van der Waals surface area contributed by atoms with Gasteiger partial charge in [0.25, 0.3) is 5.56 Å². The number of rotatable bonds is 1. The summed E-state index contributed by atoms with van der Waals surface area (Å²) in [6.45, 7) is 0. The number of nitrogens with one attached hydrogen (secondary N) is 2. The van der Waals surface area contributed by atoms with Crippen molar-refractivity contribution in [2.45, 2.75) is 0 Å². The SMILES string of the molecule is O=c1[nH]c(=O)c2c(-c3ccc4ccccc4c3)ccnc2[nH]1. The maximum atomic E-state index is 12.1. The molecule has 0 fully saturated rings. The first-order valence-electron chi connectivity index (χ1n) is 6.83. The van der Waals surface area contributed by atoms with Crippen LogP contribution in [0.2, 0.25) is 0 Å². The van der Waals surface area contributed by atoms with Crippen LogP contribution in [0, 0.1) is 0 Å². The first-order valence-corrected chi connectivity index (χ1v) is 6.83. The van der Waals surface area contributed by atoms with E-state index in [0.29, 0.717) is 11.0 Å². The molecule has 5 nitrogen and oxygen atoms in total. The summed E-state index contributed by atoms with van der Waals surface area (Å²) in [4.78, 5) is 32.4. The molecule has 5 heteroatoms. The van der Waals surface area contributed by atoms with Gasteiger partial charge in [0, 0.05) is 6.20 Å². The molecule has 4 aromatic rings. The third kappa shape index (κ3) is 1.91. The van der Waals surface area contributed by atoms with E-state index < -0.39 is 11.2 Å². The van der Waals surface area contributed by atoms with Gasteiger partial charge < -0.3 is 0 Å². The molecule has 106 valence electrons. The summed E-state index contributed by atoms with van der Waals surface area (Å²) < 4.78 is 0. The predicted octanol–water partition coefficient (Wildman–Crippen LogP) is 2.43. The largest absolute Gasteiger partial charge is 0.327 e. The average molecular weight is 289 g/mol. The second-order valence-corrected chi connectivity index (χ2v) is 5.05. The van der Waals surface area contributed by atoms with Crippen molar-refractivity contribution in [3.8, 4) is 11.1 Å². The van der Waals surface area contributed by atoms with E-state index in [2.05, 4.69) is 15.0 Å². The molecule has 0 radical (unpaired) electrons. The number of pyridine rings is 1. The maximum Gasteiger partial charge on any atom is 0.327 e. The lowest BCUT2D eigenvalue weighted by molar-refractivity contribution is 1.06. The lowest BCUT2D eigenvalue weighted by Gasteiger charge is -2.06. The Labute approximate surface area is 124 Å². The maximum absolute atomic E-state index is 12.1. The van der Waals surface area contributed by atoms with E-state index in [1.54, 1.807) is 12.3 Å². The van der Waals surface area contributed by atoms with Crippen LogP contribution in [0.4, 0.5) is 0 Å². The van der Waals surface area contributed by atoms with Crippen LogP contribution in [0.3, 0.4) is 0 Å². The van der Waals surface area contributed by atoms with Crippen LogP contribution in [-0.4, -0.2) is 15.0 Å². The van der Waals surface area contributed by atoms with Gasteiger partial charge in [-0.3, -0.25) is 14.8 Å². The van der Waals surface area contributed by atoms with E-state index in [4.69, 9.17) is 0 Å². The van der Waals surface area contributed by atoms with Gasteiger partial charge in [0.15, 0.2) is 0 Å². The summed E-state index contributed by atoms with van der Waals surface area (Å²) in [5, 5.41) is 2.61.